The van der Waals surface area contributed by atoms with Crippen molar-refractivity contribution in [1.82, 2.24) is 14.8 Å². The van der Waals surface area contributed by atoms with Crippen molar-refractivity contribution < 1.29 is 27.9 Å². The van der Waals surface area contributed by atoms with Gasteiger partial charge in [0.05, 0.1) is 6.54 Å². The number of alkyl halides is 2. The molecule has 3 amide bonds. The van der Waals surface area contributed by atoms with Gasteiger partial charge in [-0.3, -0.25) is 14.5 Å². The fraction of sp³-hybridized carbons (Fsp3) is 0.350. The van der Waals surface area contributed by atoms with E-state index in [9.17, 15) is 23.2 Å². The predicted octanol–water partition coefficient (Wildman–Crippen LogP) is 3.21. The normalized spacial score (nSPS) is 15.8. The molecule has 0 unspecified atom stereocenters. The minimum absolute atomic E-state index is 0.0312. The summed E-state index contributed by atoms with van der Waals surface area (Å²) < 4.78 is 30.8. The van der Waals surface area contributed by atoms with E-state index in [2.05, 4.69) is 10.1 Å². The van der Waals surface area contributed by atoms with E-state index in [1.54, 1.807) is 50.5 Å². The van der Waals surface area contributed by atoms with Gasteiger partial charge in [-0.25, -0.2) is 4.79 Å². The van der Waals surface area contributed by atoms with Crippen molar-refractivity contribution in [2.24, 2.45) is 0 Å². The Bertz CT molecular complexity index is 980. The van der Waals surface area contributed by atoms with Crippen molar-refractivity contribution in [1.29, 1.82) is 0 Å². The maximum Gasteiger partial charge on any atom is 0.387 e. The minimum atomic E-state index is -2.91. The molecule has 0 atom stereocenters. The number of urea groups is 1. The molecule has 0 radical (unpaired) electrons. The van der Waals surface area contributed by atoms with E-state index in [0.29, 0.717) is 16.9 Å². The van der Waals surface area contributed by atoms with Crippen molar-refractivity contribution in [2.75, 3.05) is 6.54 Å². The molecule has 29 heavy (non-hydrogen) atoms. The molecule has 1 aromatic carbocycles. The van der Waals surface area contributed by atoms with Gasteiger partial charge in [-0.15, -0.1) is 0 Å². The van der Waals surface area contributed by atoms with Gasteiger partial charge in [-0.2, -0.15) is 8.78 Å². The number of halogens is 2. The summed E-state index contributed by atoms with van der Waals surface area (Å²) in [5.74, 6) is -0.800. The summed E-state index contributed by atoms with van der Waals surface area (Å²) in [7, 11) is 0. The van der Waals surface area contributed by atoms with Gasteiger partial charge in [0.2, 0.25) is 0 Å². The van der Waals surface area contributed by atoms with Crippen LogP contribution in [0.4, 0.5) is 13.6 Å². The van der Waals surface area contributed by atoms with E-state index in [1.807, 2.05) is 0 Å². The summed E-state index contributed by atoms with van der Waals surface area (Å²) in [6.45, 7) is 3.41. The van der Waals surface area contributed by atoms with Gasteiger partial charge in [0, 0.05) is 22.6 Å². The third kappa shape index (κ3) is 3.85. The summed E-state index contributed by atoms with van der Waals surface area (Å²) in [6, 6.07) is 7.11. The van der Waals surface area contributed by atoms with Gasteiger partial charge in [0.1, 0.15) is 11.3 Å². The number of imide groups is 1. The van der Waals surface area contributed by atoms with E-state index in [-0.39, 0.29) is 18.1 Å². The van der Waals surface area contributed by atoms with Crippen LogP contribution in [0, 0.1) is 13.8 Å². The van der Waals surface area contributed by atoms with Crippen LogP contribution < -0.4 is 10.1 Å². The summed E-state index contributed by atoms with van der Waals surface area (Å²) >= 11 is 0. The van der Waals surface area contributed by atoms with Crippen LogP contribution in [0.1, 0.15) is 35.6 Å². The number of amides is 3. The number of carbonyl (C=O) groups excluding carboxylic acids is 3. The molecule has 0 bridgehead atoms. The van der Waals surface area contributed by atoms with E-state index in [0.717, 1.165) is 10.6 Å². The number of rotatable bonds is 6. The second-order valence-corrected chi connectivity index (χ2v) is 7.36. The van der Waals surface area contributed by atoms with Crippen LogP contribution in [0.3, 0.4) is 0 Å². The maximum absolute atomic E-state index is 12.8. The van der Waals surface area contributed by atoms with Gasteiger partial charge in [0.25, 0.3) is 5.91 Å². The van der Waals surface area contributed by atoms with Crippen molar-refractivity contribution in [3.8, 4) is 11.4 Å². The number of nitrogens with zero attached hydrogens (tertiary/aromatic N) is 2. The first-order valence-corrected chi connectivity index (χ1v) is 8.93. The summed E-state index contributed by atoms with van der Waals surface area (Å²) in [5, 5.41) is 2.54. The van der Waals surface area contributed by atoms with Crippen molar-refractivity contribution >= 4 is 17.7 Å². The zero-order valence-electron chi connectivity index (χ0n) is 16.5. The largest absolute Gasteiger partial charge is 0.435 e. The lowest BCUT2D eigenvalue weighted by Gasteiger charge is -2.15. The lowest BCUT2D eigenvalue weighted by Crippen LogP contribution is -2.41. The van der Waals surface area contributed by atoms with Gasteiger partial charge in [-0.1, -0.05) is 0 Å². The fourth-order valence-corrected chi connectivity index (χ4v) is 3.41. The molecule has 2 aromatic rings. The summed E-state index contributed by atoms with van der Waals surface area (Å²) in [4.78, 5) is 38.0. The SMILES string of the molecule is Cc1cc(C(=O)CN2C(=O)NC(C)(C)C2=O)c(C)n1-c1ccc(OC(F)F)cc1. The number of ether oxygens (including phenoxy) is 1. The molecular formula is C20H21F2N3O4. The second kappa shape index (κ2) is 7.31. The minimum Gasteiger partial charge on any atom is -0.435 e. The smallest absolute Gasteiger partial charge is 0.387 e. The Labute approximate surface area is 166 Å². The van der Waals surface area contributed by atoms with Gasteiger partial charge >= 0.3 is 12.6 Å². The van der Waals surface area contributed by atoms with Crippen molar-refractivity contribution in [3.05, 3.63) is 47.3 Å². The fourth-order valence-electron chi connectivity index (χ4n) is 3.41. The third-order valence-corrected chi connectivity index (χ3v) is 4.80. The topological polar surface area (TPSA) is 80.6 Å². The Morgan fingerprint density at radius 1 is 1.17 bits per heavy atom. The molecule has 1 N–H and O–H groups in total. The Kier molecular flexibility index (Phi) is 5.16. The highest BCUT2D eigenvalue weighted by Gasteiger charge is 2.45. The van der Waals surface area contributed by atoms with Crippen LogP contribution in [0.25, 0.3) is 5.69 Å². The molecule has 7 nitrogen and oxygen atoms in total. The lowest BCUT2D eigenvalue weighted by atomic mass is 10.1. The van der Waals surface area contributed by atoms with Gasteiger partial charge in [0.15, 0.2) is 5.78 Å². The van der Waals surface area contributed by atoms with Crippen LogP contribution in [0.5, 0.6) is 5.75 Å². The molecule has 9 heteroatoms. The van der Waals surface area contributed by atoms with E-state index in [1.165, 1.54) is 12.1 Å². The molecule has 0 saturated carbocycles. The first-order chi connectivity index (χ1) is 13.5. The monoisotopic (exact) mass is 405 g/mol. The molecule has 2 heterocycles. The number of benzene rings is 1. The molecule has 1 saturated heterocycles. The first kappa shape index (κ1) is 20.5. The molecule has 154 valence electrons. The number of carbonyl (C=O) groups is 3. The Morgan fingerprint density at radius 2 is 1.79 bits per heavy atom. The highest BCUT2D eigenvalue weighted by molar-refractivity contribution is 6.11. The quantitative estimate of drug-likeness (QED) is 0.591. The second-order valence-electron chi connectivity index (χ2n) is 7.36. The van der Waals surface area contributed by atoms with E-state index in [4.69, 9.17) is 0 Å². The highest BCUT2D eigenvalue weighted by atomic mass is 19.3. The number of ketones is 1. The molecule has 1 aromatic heterocycles. The molecule has 1 aliphatic heterocycles. The Hall–Kier alpha value is -3.23. The zero-order valence-corrected chi connectivity index (χ0v) is 16.5. The van der Waals surface area contributed by atoms with Crippen molar-refractivity contribution in [2.45, 2.75) is 39.8 Å². The highest BCUT2D eigenvalue weighted by Crippen LogP contribution is 2.25. The molecule has 3 rings (SSSR count). The van der Waals surface area contributed by atoms with Gasteiger partial charge < -0.3 is 14.6 Å². The average Bonchev–Trinajstić information content (AvgIpc) is 3.02. The molecule has 0 spiro atoms. The number of nitrogens with one attached hydrogen (secondary N) is 1. The Balaban J connectivity index is 1.85. The van der Waals surface area contributed by atoms with Crippen LogP contribution in [-0.4, -0.2) is 45.9 Å². The molecule has 0 aliphatic carbocycles. The zero-order chi connectivity index (χ0) is 21.5. The standard InChI is InChI=1S/C20H21F2N3O4/c1-11-9-15(16(26)10-24-17(27)20(3,4)23-19(24)28)12(2)25(11)13-5-7-14(8-6-13)29-18(21)22/h5-9,18H,10H2,1-4H3,(H,23,28). The number of aromatic nitrogens is 1. The van der Waals surface area contributed by atoms with Crippen LogP contribution in [0.15, 0.2) is 30.3 Å². The molecule has 1 aliphatic rings. The first-order valence-electron chi connectivity index (χ1n) is 8.93. The van der Waals surface area contributed by atoms with Crippen LogP contribution >= 0.6 is 0 Å². The lowest BCUT2D eigenvalue weighted by molar-refractivity contribution is -0.129. The van der Waals surface area contributed by atoms with Crippen LogP contribution in [0.2, 0.25) is 0 Å². The number of Topliss-reactive ketones (excluding diaryl/α,β-unsaturated/α-hetero) is 1. The summed E-state index contributed by atoms with van der Waals surface area (Å²) in [5.41, 5.74) is 1.35. The maximum atomic E-state index is 12.8. The molecule has 1 fully saturated rings. The third-order valence-electron chi connectivity index (χ3n) is 4.80. The number of aryl methyl sites for hydroxylation is 1. The average molecular weight is 405 g/mol. The van der Waals surface area contributed by atoms with Crippen LogP contribution in [-0.2, 0) is 4.79 Å². The van der Waals surface area contributed by atoms with Crippen molar-refractivity contribution in [3.63, 3.8) is 0 Å². The van der Waals surface area contributed by atoms with E-state index < -0.39 is 24.1 Å². The number of hydrogen-bond donors (Lipinski definition) is 1. The molecular weight excluding hydrogens is 384 g/mol. The van der Waals surface area contributed by atoms with Gasteiger partial charge in [-0.05, 0) is 58.0 Å². The summed E-state index contributed by atoms with van der Waals surface area (Å²) in [6.07, 6.45) is 0. The van der Waals surface area contributed by atoms with E-state index >= 15 is 0 Å². The number of hydrogen-bond acceptors (Lipinski definition) is 4. The predicted molar refractivity (Wildman–Crippen MR) is 101 cm³/mol. The Morgan fingerprint density at radius 3 is 2.31 bits per heavy atom.